The van der Waals surface area contributed by atoms with Crippen LogP contribution in [-0.4, -0.2) is 23.1 Å². The average molecular weight is 207 g/mol. The minimum absolute atomic E-state index is 0.312. The number of anilines is 3. The van der Waals surface area contributed by atoms with Crippen LogP contribution in [0.2, 0.25) is 0 Å². The monoisotopic (exact) mass is 207 g/mol. The normalized spacial score (nSPS) is 15.0. The lowest BCUT2D eigenvalue weighted by atomic mass is 10.4. The molecule has 0 atom stereocenters. The third-order valence-electron chi connectivity index (χ3n) is 2.37. The molecule has 0 bridgehead atoms. The van der Waals surface area contributed by atoms with Gasteiger partial charge in [0, 0.05) is 19.2 Å². The SMILES string of the molecule is CCNc1cc(NCC2CC2)nc(N)n1. The zero-order chi connectivity index (χ0) is 10.7. The van der Waals surface area contributed by atoms with Gasteiger partial charge in [0.15, 0.2) is 0 Å². The molecule has 1 aromatic rings. The maximum absolute atomic E-state index is 5.61. The molecular formula is C10H17N5. The Bertz CT molecular complexity index is 335. The molecule has 5 heteroatoms. The van der Waals surface area contributed by atoms with Crippen molar-refractivity contribution in [3.8, 4) is 0 Å². The third-order valence-corrected chi connectivity index (χ3v) is 2.37. The van der Waals surface area contributed by atoms with Crippen LogP contribution < -0.4 is 16.4 Å². The number of rotatable bonds is 5. The van der Waals surface area contributed by atoms with Gasteiger partial charge in [-0.2, -0.15) is 9.97 Å². The Morgan fingerprint density at radius 1 is 1.33 bits per heavy atom. The molecule has 82 valence electrons. The summed E-state index contributed by atoms with van der Waals surface area (Å²) in [6.45, 7) is 3.84. The van der Waals surface area contributed by atoms with E-state index >= 15 is 0 Å². The highest BCUT2D eigenvalue weighted by atomic mass is 15.1. The maximum atomic E-state index is 5.61. The van der Waals surface area contributed by atoms with Crippen LogP contribution in [0.1, 0.15) is 19.8 Å². The zero-order valence-corrected chi connectivity index (χ0v) is 8.95. The smallest absolute Gasteiger partial charge is 0.223 e. The van der Waals surface area contributed by atoms with Gasteiger partial charge in [-0.05, 0) is 25.7 Å². The highest BCUT2D eigenvalue weighted by Gasteiger charge is 2.20. The number of nitrogens with two attached hydrogens (primary N) is 1. The summed E-state index contributed by atoms with van der Waals surface area (Å²) in [5.41, 5.74) is 5.61. The van der Waals surface area contributed by atoms with E-state index in [0.29, 0.717) is 5.95 Å². The molecule has 0 aliphatic heterocycles. The lowest BCUT2D eigenvalue weighted by Gasteiger charge is -2.08. The van der Waals surface area contributed by atoms with E-state index in [9.17, 15) is 0 Å². The molecular weight excluding hydrogens is 190 g/mol. The molecule has 1 aliphatic rings. The van der Waals surface area contributed by atoms with E-state index in [1.807, 2.05) is 13.0 Å². The van der Waals surface area contributed by atoms with Crippen LogP contribution in [0.25, 0.3) is 0 Å². The summed E-state index contributed by atoms with van der Waals surface area (Å²) in [5, 5.41) is 6.40. The summed E-state index contributed by atoms with van der Waals surface area (Å²) in [4.78, 5) is 8.21. The second kappa shape index (κ2) is 4.33. The Kier molecular flexibility index (Phi) is 2.89. The van der Waals surface area contributed by atoms with Gasteiger partial charge in [-0.1, -0.05) is 0 Å². The minimum Gasteiger partial charge on any atom is -0.370 e. The van der Waals surface area contributed by atoms with Crippen LogP contribution >= 0.6 is 0 Å². The quantitative estimate of drug-likeness (QED) is 0.678. The number of hydrogen-bond acceptors (Lipinski definition) is 5. The standard InChI is InChI=1S/C10H17N5/c1-2-12-8-5-9(15-10(11)14-8)13-6-7-3-4-7/h5,7H,2-4,6H2,1H3,(H4,11,12,13,14,15). The summed E-state index contributed by atoms with van der Waals surface area (Å²) in [6.07, 6.45) is 2.65. The van der Waals surface area contributed by atoms with Gasteiger partial charge in [-0.15, -0.1) is 0 Å². The first-order valence-corrected chi connectivity index (χ1v) is 5.40. The molecule has 2 rings (SSSR count). The average Bonchev–Trinajstić information content (AvgIpc) is 2.98. The van der Waals surface area contributed by atoms with E-state index < -0.39 is 0 Å². The Hall–Kier alpha value is -1.52. The number of nitrogens with zero attached hydrogens (tertiary/aromatic N) is 2. The second-order valence-electron chi connectivity index (χ2n) is 3.85. The minimum atomic E-state index is 0.312. The Labute approximate surface area is 89.5 Å². The number of hydrogen-bond donors (Lipinski definition) is 3. The largest absolute Gasteiger partial charge is 0.370 e. The van der Waals surface area contributed by atoms with Crippen LogP contribution in [0, 0.1) is 5.92 Å². The van der Waals surface area contributed by atoms with Gasteiger partial charge in [0.1, 0.15) is 11.6 Å². The van der Waals surface area contributed by atoms with Gasteiger partial charge in [0.2, 0.25) is 5.95 Å². The molecule has 1 fully saturated rings. The van der Waals surface area contributed by atoms with Gasteiger partial charge in [0.05, 0.1) is 0 Å². The van der Waals surface area contributed by atoms with E-state index in [4.69, 9.17) is 5.73 Å². The Morgan fingerprint density at radius 3 is 2.60 bits per heavy atom. The molecule has 5 nitrogen and oxygen atoms in total. The second-order valence-corrected chi connectivity index (χ2v) is 3.85. The van der Waals surface area contributed by atoms with Gasteiger partial charge in [-0.25, -0.2) is 0 Å². The van der Waals surface area contributed by atoms with Crippen LogP contribution in [-0.2, 0) is 0 Å². The van der Waals surface area contributed by atoms with E-state index in [1.54, 1.807) is 0 Å². The lowest BCUT2D eigenvalue weighted by molar-refractivity contribution is 0.882. The van der Waals surface area contributed by atoms with Crippen molar-refractivity contribution in [3.63, 3.8) is 0 Å². The van der Waals surface area contributed by atoms with Crippen LogP contribution in [0.5, 0.6) is 0 Å². The van der Waals surface area contributed by atoms with E-state index in [-0.39, 0.29) is 0 Å². The first-order valence-electron chi connectivity index (χ1n) is 5.40. The first kappa shape index (κ1) is 10.0. The fourth-order valence-electron chi connectivity index (χ4n) is 1.40. The fourth-order valence-corrected chi connectivity index (χ4v) is 1.40. The van der Waals surface area contributed by atoms with Crippen molar-refractivity contribution >= 4 is 17.6 Å². The third kappa shape index (κ3) is 2.97. The molecule has 1 heterocycles. The van der Waals surface area contributed by atoms with E-state index in [1.165, 1.54) is 12.8 Å². The van der Waals surface area contributed by atoms with Crippen molar-refractivity contribution in [2.45, 2.75) is 19.8 Å². The van der Waals surface area contributed by atoms with Crippen molar-refractivity contribution in [2.24, 2.45) is 5.92 Å². The summed E-state index contributed by atoms with van der Waals surface area (Å²) in [7, 11) is 0. The molecule has 4 N–H and O–H groups in total. The number of nitrogen functional groups attached to an aromatic ring is 1. The maximum Gasteiger partial charge on any atom is 0.223 e. The van der Waals surface area contributed by atoms with Gasteiger partial charge in [0.25, 0.3) is 0 Å². The number of nitrogens with one attached hydrogen (secondary N) is 2. The highest BCUT2D eigenvalue weighted by Crippen LogP contribution is 2.28. The first-order chi connectivity index (χ1) is 7.28. The predicted octanol–water partition coefficient (Wildman–Crippen LogP) is 1.31. The summed E-state index contributed by atoms with van der Waals surface area (Å²) in [6, 6.07) is 1.89. The molecule has 0 unspecified atom stereocenters. The zero-order valence-electron chi connectivity index (χ0n) is 8.95. The van der Waals surface area contributed by atoms with Crippen LogP contribution in [0.4, 0.5) is 17.6 Å². The summed E-state index contributed by atoms with van der Waals surface area (Å²) in [5.74, 6) is 2.73. The molecule has 0 saturated heterocycles. The molecule has 0 radical (unpaired) electrons. The molecule has 1 aliphatic carbocycles. The lowest BCUT2D eigenvalue weighted by Crippen LogP contribution is -2.09. The summed E-state index contributed by atoms with van der Waals surface area (Å²) < 4.78 is 0. The van der Waals surface area contributed by atoms with Gasteiger partial charge >= 0.3 is 0 Å². The van der Waals surface area contributed by atoms with Crippen molar-refractivity contribution < 1.29 is 0 Å². The molecule has 1 saturated carbocycles. The topological polar surface area (TPSA) is 75.9 Å². The van der Waals surface area contributed by atoms with Crippen LogP contribution in [0.15, 0.2) is 6.07 Å². The Balaban J connectivity index is 2.00. The van der Waals surface area contributed by atoms with Gasteiger partial charge in [-0.3, -0.25) is 0 Å². The van der Waals surface area contributed by atoms with Crippen LogP contribution in [0.3, 0.4) is 0 Å². The predicted molar refractivity (Wildman–Crippen MR) is 61.8 cm³/mol. The fraction of sp³-hybridized carbons (Fsp3) is 0.600. The van der Waals surface area contributed by atoms with Crippen molar-refractivity contribution in [3.05, 3.63) is 6.07 Å². The van der Waals surface area contributed by atoms with E-state index in [0.717, 1.165) is 30.6 Å². The molecule has 0 amide bonds. The molecule has 15 heavy (non-hydrogen) atoms. The highest BCUT2D eigenvalue weighted by molar-refractivity contribution is 5.50. The van der Waals surface area contributed by atoms with Crippen molar-refractivity contribution in [2.75, 3.05) is 29.5 Å². The van der Waals surface area contributed by atoms with E-state index in [2.05, 4.69) is 20.6 Å². The molecule has 1 aromatic heterocycles. The summed E-state index contributed by atoms with van der Waals surface area (Å²) >= 11 is 0. The molecule has 0 aromatic carbocycles. The molecule has 0 spiro atoms. The van der Waals surface area contributed by atoms with Crippen molar-refractivity contribution in [1.82, 2.24) is 9.97 Å². The van der Waals surface area contributed by atoms with Crippen molar-refractivity contribution in [1.29, 1.82) is 0 Å². The Morgan fingerprint density at radius 2 is 2.00 bits per heavy atom. The van der Waals surface area contributed by atoms with Gasteiger partial charge < -0.3 is 16.4 Å². The number of aromatic nitrogens is 2.